The summed E-state index contributed by atoms with van der Waals surface area (Å²) in [7, 11) is 0. The Morgan fingerprint density at radius 1 is 0.857 bits per heavy atom. The molecule has 2 aromatic carbocycles. The molecular weight excluding hydrogens is 807 g/mol. The molecule has 0 spiro atoms. The van der Waals surface area contributed by atoms with Crippen molar-refractivity contribution in [2.45, 2.75) is 72.6 Å². The number of rotatable bonds is 16. The Labute approximate surface area is 362 Å². The number of nitrogens with one attached hydrogen (secondary N) is 1. The van der Waals surface area contributed by atoms with Crippen LogP contribution in [0.2, 0.25) is 0 Å². The van der Waals surface area contributed by atoms with E-state index in [0.29, 0.717) is 104 Å². The van der Waals surface area contributed by atoms with E-state index < -0.39 is 11.8 Å². The van der Waals surface area contributed by atoms with Crippen LogP contribution < -0.4 is 26.3 Å². The lowest BCUT2D eigenvalue weighted by atomic mass is 10.1. The van der Waals surface area contributed by atoms with Crippen LogP contribution in [0, 0.1) is 13.8 Å². The van der Waals surface area contributed by atoms with Gasteiger partial charge < -0.3 is 34.8 Å². The highest BCUT2D eigenvalue weighted by molar-refractivity contribution is 6.12. The third-order valence-electron chi connectivity index (χ3n) is 11.8. The van der Waals surface area contributed by atoms with Crippen LogP contribution in [0.25, 0.3) is 44.5 Å². The first-order valence-corrected chi connectivity index (χ1v) is 21.5. The number of nitrogens with two attached hydrogens (primary N) is 2. The molecule has 9 rings (SSSR count). The fraction of sp³-hybridized carbons (Fsp3) is 0.409. The first kappa shape index (κ1) is 41.5. The topological polar surface area (TPSA) is 230 Å². The standard InChI is InChI=1S/C44H51N13O6/c1-5-55-33(17-25(3)51-55)41-47-23-31-30-19-27(39(45)58)21-35(62-14-8-10-53-12-15-61-16-13-53)37(30)54(42(31)49-41)11-7-9-29-24-63-36-22-28(40(46)59)20-32-38(36)57(29)44(48-32)50-43(60)34-18-26(4)52-56(34)6-2/h17-23,29H,5-16,24H2,1-4H3,(H2,45,58)(H2,46,59)(H,48,50,60)/t29-/m0/s1. The molecule has 0 unspecified atom stereocenters. The molecule has 5 N–H and O–H groups in total. The van der Waals surface area contributed by atoms with Crippen LogP contribution in [-0.2, 0) is 24.4 Å². The predicted molar refractivity (Wildman–Crippen MR) is 235 cm³/mol. The Bertz CT molecular complexity index is 2900. The molecule has 5 aromatic heterocycles. The Morgan fingerprint density at radius 3 is 2.37 bits per heavy atom. The maximum atomic E-state index is 13.8. The van der Waals surface area contributed by atoms with Gasteiger partial charge in [0, 0.05) is 67.4 Å². The number of nitrogens with zero attached hydrogens (tertiary/aromatic N) is 10. The molecule has 1 atom stereocenters. The van der Waals surface area contributed by atoms with E-state index in [1.807, 2.05) is 43.0 Å². The van der Waals surface area contributed by atoms with Gasteiger partial charge in [-0.05, 0) is 83.4 Å². The zero-order valence-electron chi connectivity index (χ0n) is 35.9. The number of anilines is 1. The Balaban J connectivity index is 1.09. The number of aromatic nitrogens is 9. The second-order valence-corrected chi connectivity index (χ2v) is 16.0. The average molecular weight is 858 g/mol. The molecular formula is C44H51N13O6. The van der Waals surface area contributed by atoms with Gasteiger partial charge in [0.2, 0.25) is 17.8 Å². The molecule has 0 bridgehead atoms. The zero-order valence-corrected chi connectivity index (χ0v) is 35.9. The van der Waals surface area contributed by atoms with Crippen LogP contribution in [0.4, 0.5) is 5.95 Å². The number of benzene rings is 2. The second kappa shape index (κ2) is 17.1. The van der Waals surface area contributed by atoms with Gasteiger partial charge in [0.05, 0.1) is 48.3 Å². The van der Waals surface area contributed by atoms with Gasteiger partial charge in [0.25, 0.3) is 5.91 Å². The van der Waals surface area contributed by atoms with Crippen LogP contribution in [-0.4, -0.2) is 112 Å². The molecule has 7 aromatic rings. The van der Waals surface area contributed by atoms with E-state index in [-0.39, 0.29) is 24.1 Å². The highest BCUT2D eigenvalue weighted by Gasteiger charge is 2.30. The molecule has 0 aliphatic carbocycles. The van der Waals surface area contributed by atoms with E-state index >= 15 is 0 Å². The van der Waals surface area contributed by atoms with Crippen molar-refractivity contribution in [1.82, 2.24) is 48.5 Å². The van der Waals surface area contributed by atoms with Gasteiger partial charge in [-0.3, -0.25) is 34.0 Å². The largest absolute Gasteiger partial charge is 0.491 e. The third kappa shape index (κ3) is 7.93. The first-order valence-electron chi connectivity index (χ1n) is 21.5. The second-order valence-electron chi connectivity index (χ2n) is 16.0. The van der Waals surface area contributed by atoms with Crippen LogP contribution >= 0.6 is 0 Å². The minimum absolute atomic E-state index is 0.245. The molecule has 19 heteroatoms. The highest BCUT2D eigenvalue weighted by Crippen LogP contribution is 2.40. The maximum Gasteiger partial charge on any atom is 0.276 e. The molecule has 0 radical (unpaired) electrons. The summed E-state index contributed by atoms with van der Waals surface area (Å²) in [4.78, 5) is 56.0. The number of carbonyl (C=O) groups excluding carboxylic acids is 3. The summed E-state index contributed by atoms with van der Waals surface area (Å²) in [5.74, 6) is 0.271. The Kier molecular flexibility index (Phi) is 11.3. The van der Waals surface area contributed by atoms with E-state index in [0.717, 1.165) is 59.4 Å². The minimum atomic E-state index is -0.614. The number of carbonyl (C=O) groups is 3. The van der Waals surface area contributed by atoms with Gasteiger partial charge >= 0.3 is 0 Å². The molecule has 19 nitrogen and oxygen atoms in total. The van der Waals surface area contributed by atoms with E-state index in [9.17, 15) is 14.4 Å². The van der Waals surface area contributed by atoms with E-state index in [4.69, 9.17) is 40.6 Å². The maximum absolute atomic E-state index is 13.8. The summed E-state index contributed by atoms with van der Waals surface area (Å²) in [5.41, 5.74) is 17.5. The molecule has 2 aliphatic heterocycles. The molecule has 2 aliphatic rings. The molecule has 0 saturated carbocycles. The molecule has 1 saturated heterocycles. The van der Waals surface area contributed by atoms with Crippen molar-refractivity contribution in [3.05, 3.63) is 70.8 Å². The lowest BCUT2D eigenvalue weighted by Gasteiger charge is -2.27. The van der Waals surface area contributed by atoms with Crippen LogP contribution in [0.5, 0.6) is 11.5 Å². The smallest absolute Gasteiger partial charge is 0.276 e. The fourth-order valence-electron chi connectivity index (χ4n) is 8.80. The van der Waals surface area contributed by atoms with Crippen molar-refractivity contribution in [2.75, 3.05) is 51.4 Å². The number of ether oxygens (including phenoxy) is 3. The van der Waals surface area contributed by atoms with Gasteiger partial charge in [0.1, 0.15) is 40.7 Å². The quantitative estimate of drug-likeness (QED) is 0.113. The van der Waals surface area contributed by atoms with E-state index in [1.165, 1.54) is 0 Å². The summed E-state index contributed by atoms with van der Waals surface area (Å²) in [6.45, 7) is 14.1. The van der Waals surface area contributed by atoms with Gasteiger partial charge in [-0.25, -0.2) is 15.0 Å². The Morgan fingerprint density at radius 2 is 1.60 bits per heavy atom. The molecule has 7 heterocycles. The summed E-state index contributed by atoms with van der Waals surface area (Å²) < 4.78 is 26.0. The summed E-state index contributed by atoms with van der Waals surface area (Å²) in [5, 5.41) is 13.6. The van der Waals surface area contributed by atoms with E-state index in [1.54, 1.807) is 41.2 Å². The van der Waals surface area contributed by atoms with Crippen LogP contribution in [0.15, 0.2) is 42.6 Å². The monoisotopic (exact) mass is 857 g/mol. The number of amides is 3. The van der Waals surface area contributed by atoms with Crippen LogP contribution in [0.3, 0.4) is 0 Å². The van der Waals surface area contributed by atoms with Crippen molar-refractivity contribution >= 4 is 56.6 Å². The van der Waals surface area contributed by atoms with Gasteiger partial charge in [-0.15, -0.1) is 0 Å². The van der Waals surface area contributed by atoms with Crippen molar-refractivity contribution in [3.63, 3.8) is 0 Å². The number of hydrogen-bond acceptors (Lipinski definition) is 12. The van der Waals surface area contributed by atoms with Crippen LogP contribution in [0.1, 0.15) is 81.7 Å². The van der Waals surface area contributed by atoms with Crippen molar-refractivity contribution in [1.29, 1.82) is 0 Å². The Hall–Kier alpha value is -6.86. The normalized spacial score (nSPS) is 15.3. The number of fused-ring (bicyclic) bond motifs is 3. The summed E-state index contributed by atoms with van der Waals surface area (Å²) in [6.07, 6.45) is 3.78. The third-order valence-corrected chi connectivity index (χ3v) is 11.8. The van der Waals surface area contributed by atoms with Crippen molar-refractivity contribution in [2.24, 2.45) is 11.5 Å². The number of primary amides is 2. The summed E-state index contributed by atoms with van der Waals surface area (Å²) in [6, 6.07) is 10.2. The van der Waals surface area contributed by atoms with Crippen molar-refractivity contribution in [3.8, 4) is 23.0 Å². The lowest BCUT2D eigenvalue weighted by Crippen LogP contribution is -2.37. The molecule has 328 valence electrons. The molecule has 63 heavy (non-hydrogen) atoms. The predicted octanol–water partition coefficient (Wildman–Crippen LogP) is 4.62. The lowest BCUT2D eigenvalue weighted by molar-refractivity contribution is 0.0358. The zero-order chi connectivity index (χ0) is 43.9. The molecule has 3 amide bonds. The molecule has 1 fully saturated rings. The van der Waals surface area contributed by atoms with E-state index in [2.05, 4.69) is 25.0 Å². The minimum Gasteiger partial charge on any atom is -0.491 e. The number of aryl methyl sites for hydroxylation is 5. The number of hydrogen-bond donors (Lipinski definition) is 3. The fourth-order valence-corrected chi connectivity index (χ4v) is 8.80. The van der Waals surface area contributed by atoms with Crippen molar-refractivity contribution < 1.29 is 28.6 Å². The number of morpholine rings is 1. The van der Waals surface area contributed by atoms with Gasteiger partial charge in [-0.1, -0.05) is 0 Å². The SMILES string of the molecule is CCn1nc(C)cc1C(=O)Nc1nc2cc(C(N)=O)cc3c2n1[C@@H](CCCn1c2nc(-c4cc(C)nn4CC)ncc2c2cc(C(N)=O)cc(OCCCN4CCOCC4)c21)CO3. The average Bonchev–Trinajstić information content (AvgIpc) is 4.05. The summed E-state index contributed by atoms with van der Waals surface area (Å²) >= 11 is 0. The first-order chi connectivity index (χ1) is 30.5. The number of imidazole rings is 1. The van der Waals surface area contributed by atoms with Gasteiger partial charge in [0.15, 0.2) is 5.82 Å². The van der Waals surface area contributed by atoms with Gasteiger partial charge in [-0.2, -0.15) is 10.2 Å². The highest BCUT2D eigenvalue weighted by atomic mass is 16.5.